The molecule has 1 aliphatic carbocycles. The summed E-state index contributed by atoms with van der Waals surface area (Å²) in [6.45, 7) is 10.1. The summed E-state index contributed by atoms with van der Waals surface area (Å²) in [5.41, 5.74) is 0. The van der Waals surface area contributed by atoms with Gasteiger partial charge < -0.3 is 10.2 Å². The van der Waals surface area contributed by atoms with Gasteiger partial charge in [-0.1, -0.05) is 38.2 Å². The number of nitrogens with zero attached hydrogens (tertiary/aromatic N) is 1. The number of nitrogens with one attached hydrogen (secondary N) is 1. The van der Waals surface area contributed by atoms with E-state index in [0.29, 0.717) is 5.92 Å². The minimum atomic E-state index is 0.617. The molecule has 14 heavy (non-hydrogen) atoms. The molecule has 0 unspecified atom stereocenters. The van der Waals surface area contributed by atoms with Gasteiger partial charge in [-0.3, -0.25) is 0 Å². The van der Waals surface area contributed by atoms with E-state index in [1.807, 2.05) is 0 Å². The van der Waals surface area contributed by atoms with E-state index < -0.39 is 0 Å². The number of likely N-dealkylation sites (N-methyl/N-ethyl adjacent to an activating group) is 1. The maximum atomic E-state index is 3.48. The van der Waals surface area contributed by atoms with E-state index in [0.717, 1.165) is 32.7 Å². The molecular weight excluding hydrogens is 172 g/mol. The maximum absolute atomic E-state index is 3.48. The highest BCUT2D eigenvalue weighted by Gasteiger charge is 2.03. The van der Waals surface area contributed by atoms with Gasteiger partial charge in [0.2, 0.25) is 0 Å². The third-order valence-corrected chi connectivity index (χ3v) is 2.71. The van der Waals surface area contributed by atoms with E-state index in [4.69, 9.17) is 0 Å². The first-order chi connectivity index (χ1) is 6.86. The third kappa shape index (κ3) is 4.07. The lowest BCUT2D eigenvalue weighted by Gasteiger charge is -2.18. The van der Waals surface area contributed by atoms with Crippen molar-refractivity contribution in [2.45, 2.75) is 13.8 Å². The summed E-state index contributed by atoms with van der Waals surface area (Å²) in [4.78, 5) is 2.44. The molecular formula is C12H22N2. The van der Waals surface area contributed by atoms with Crippen LogP contribution in [0.4, 0.5) is 0 Å². The van der Waals surface area contributed by atoms with Crippen LogP contribution in [0.5, 0.6) is 0 Å². The smallest absolute Gasteiger partial charge is 0.0107 e. The second-order valence-corrected chi connectivity index (χ2v) is 3.66. The second-order valence-electron chi connectivity index (χ2n) is 3.66. The minimum absolute atomic E-state index is 0.617. The zero-order chi connectivity index (χ0) is 10.2. The lowest BCUT2D eigenvalue weighted by atomic mass is 10.2. The largest absolute Gasteiger partial charge is 0.315 e. The molecule has 0 saturated heterocycles. The summed E-state index contributed by atoms with van der Waals surface area (Å²) in [5.74, 6) is 0.617. The Bertz CT molecular complexity index is 180. The Balaban J connectivity index is 1.98. The van der Waals surface area contributed by atoms with Crippen LogP contribution in [-0.2, 0) is 0 Å². The molecule has 0 saturated carbocycles. The van der Waals surface area contributed by atoms with Crippen molar-refractivity contribution in [2.75, 3.05) is 32.7 Å². The van der Waals surface area contributed by atoms with Crippen molar-refractivity contribution in [3.63, 3.8) is 0 Å². The molecule has 0 aliphatic heterocycles. The third-order valence-electron chi connectivity index (χ3n) is 2.71. The van der Waals surface area contributed by atoms with Crippen LogP contribution in [0.2, 0.25) is 0 Å². The first kappa shape index (κ1) is 11.5. The topological polar surface area (TPSA) is 15.3 Å². The van der Waals surface area contributed by atoms with Crippen molar-refractivity contribution < 1.29 is 0 Å². The van der Waals surface area contributed by atoms with Gasteiger partial charge in [-0.25, -0.2) is 0 Å². The predicted molar refractivity (Wildman–Crippen MR) is 62.4 cm³/mol. The van der Waals surface area contributed by atoms with Gasteiger partial charge in [-0.2, -0.15) is 0 Å². The molecule has 1 rings (SSSR count). The van der Waals surface area contributed by atoms with Crippen molar-refractivity contribution in [3.05, 3.63) is 24.3 Å². The molecule has 0 atom stereocenters. The van der Waals surface area contributed by atoms with Crippen LogP contribution in [0.15, 0.2) is 24.3 Å². The highest BCUT2D eigenvalue weighted by Crippen LogP contribution is 2.06. The summed E-state index contributed by atoms with van der Waals surface area (Å²) >= 11 is 0. The van der Waals surface area contributed by atoms with E-state index in [9.17, 15) is 0 Å². The number of allylic oxidation sites excluding steroid dienone is 2. The zero-order valence-corrected chi connectivity index (χ0v) is 9.37. The Morgan fingerprint density at radius 1 is 1.14 bits per heavy atom. The molecule has 1 N–H and O–H groups in total. The lowest BCUT2D eigenvalue weighted by molar-refractivity contribution is 0.302. The van der Waals surface area contributed by atoms with E-state index in [2.05, 4.69) is 48.4 Å². The number of hydrogen-bond acceptors (Lipinski definition) is 2. The molecule has 0 aromatic heterocycles. The van der Waals surface area contributed by atoms with Crippen LogP contribution in [0.25, 0.3) is 0 Å². The minimum Gasteiger partial charge on any atom is -0.315 e. The number of hydrogen-bond donors (Lipinski definition) is 1. The van der Waals surface area contributed by atoms with Crippen molar-refractivity contribution in [3.8, 4) is 0 Å². The van der Waals surface area contributed by atoms with Gasteiger partial charge in [0.05, 0.1) is 0 Å². The zero-order valence-electron chi connectivity index (χ0n) is 9.37. The molecule has 2 heteroatoms. The summed E-state index contributed by atoms with van der Waals surface area (Å²) in [6.07, 6.45) is 8.72. The fourth-order valence-electron chi connectivity index (χ4n) is 1.66. The van der Waals surface area contributed by atoms with Gasteiger partial charge in [0.25, 0.3) is 0 Å². The summed E-state index contributed by atoms with van der Waals surface area (Å²) in [5, 5.41) is 3.48. The SMILES string of the molecule is CCN(CC)CCNCC1C=CC=C1. The van der Waals surface area contributed by atoms with Crippen LogP contribution < -0.4 is 5.32 Å². The normalized spacial score (nSPS) is 15.9. The Kier molecular flexibility index (Phi) is 5.57. The first-order valence-electron chi connectivity index (χ1n) is 5.64. The Morgan fingerprint density at radius 3 is 2.36 bits per heavy atom. The average Bonchev–Trinajstić information content (AvgIpc) is 2.71. The van der Waals surface area contributed by atoms with Gasteiger partial charge in [-0.05, 0) is 13.1 Å². The Hall–Kier alpha value is -0.600. The first-order valence-corrected chi connectivity index (χ1v) is 5.64. The summed E-state index contributed by atoms with van der Waals surface area (Å²) < 4.78 is 0. The van der Waals surface area contributed by atoms with Crippen LogP contribution in [0, 0.1) is 5.92 Å². The molecule has 0 aromatic rings. The summed E-state index contributed by atoms with van der Waals surface area (Å²) in [6, 6.07) is 0. The van der Waals surface area contributed by atoms with E-state index in [1.165, 1.54) is 0 Å². The molecule has 0 heterocycles. The quantitative estimate of drug-likeness (QED) is 0.620. The molecule has 0 radical (unpaired) electrons. The lowest BCUT2D eigenvalue weighted by Crippen LogP contribution is -2.33. The molecule has 0 fully saturated rings. The molecule has 0 aromatic carbocycles. The molecule has 0 spiro atoms. The van der Waals surface area contributed by atoms with Crippen LogP contribution >= 0.6 is 0 Å². The highest BCUT2D eigenvalue weighted by atomic mass is 15.1. The summed E-state index contributed by atoms with van der Waals surface area (Å²) in [7, 11) is 0. The Morgan fingerprint density at radius 2 is 1.79 bits per heavy atom. The standard InChI is InChI=1S/C12H22N2/c1-3-14(4-2)10-9-13-11-12-7-5-6-8-12/h5-8,12-13H,3-4,9-11H2,1-2H3. The van der Waals surface area contributed by atoms with Gasteiger partial charge in [0.15, 0.2) is 0 Å². The van der Waals surface area contributed by atoms with Crippen LogP contribution in [0.1, 0.15) is 13.8 Å². The monoisotopic (exact) mass is 194 g/mol. The van der Waals surface area contributed by atoms with Crippen molar-refractivity contribution >= 4 is 0 Å². The highest BCUT2D eigenvalue weighted by molar-refractivity contribution is 5.17. The van der Waals surface area contributed by atoms with Gasteiger partial charge >= 0.3 is 0 Å². The molecule has 0 bridgehead atoms. The van der Waals surface area contributed by atoms with Gasteiger partial charge in [0.1, 0.15) is 0 Å². The molecule has 1 aliphatic rings. The van der Waals surface area contributed by atoms with Crippen molar-refractivity contribution in [1.29, 1.82) is 0 Å². The van der Waals surface area contributed by atoms with Crippen LogP contribution in [-0.4, -0.2) is 37.6 Å². The fourth-order valence-corrected chi connectivity index (χ4v) is 1.66. The number of rotatable bonds is 7. The van der Waals surface area contributed by atoms with Gasteiger partial charge in [-0.15, -0.1) is 0 Å². The van der Waals surface area contributed by atoms with Crippen molar-refractivity contribution in [2.24, 2.45) is 5.92 Å². The van der Waals surface area contributed by atoms with E-state index >= 15 is 0 Å². The fraction of sp³-hybridized carbons (Fsp3) is 0.667. The van der Waals surface area contributed by atoms with E-state index in [1.54, 1.807) is 0 Å². The average molecular weight is 194 g/mol. The molecule has 80 valence electrons. The molecule has 2 nitrogen and oxygen atoms in total. The van der Waals surface area contributed by atoms with Crippen LogP contribution in [0.3, 0.4) is 0 Å². The van der Waals surface area contributed by atoms with Gasteiger partial charge in [0, 0.05) is 25.6 Å². The Labute approximate surface area is 87.7 Å². The van der Waals surface area contributed by atoms with Crippen molar-refractivity contribution in [1.82, 2.24) is 10.2 Å². The van der Waals surface area contributed by atoms with E-state index in [-0.39, 0.29) is 0 Å². The molecule has 0 amide bonds. The maximum Gasteiger partial charge on any atom is 0.0107 e. The predicted octanol–water partition coefficient (Wildman–Crippen LogP) is 1.66. The second kappa shape index (κ2) is 6.80.